The second-order valence-corrected chi connectivity index (χ2v) is 7.07. The molecule has 0 saturated carbocycles. The van der Waals surface area contributed by atoms with Crippen molar-refractivity contribution in [2.45, 2.75) is 38.9 Å². The molecule has 2 aromatic carbocycles. The number of aryl methyl sites for hydroxylation is 2. The van der Waals surface area contributed by atoms with Gasteiger partial charge in [0, 0.05) is 11.4 Å². The lowest BCUT2D eigenvalue weighted by Crippen LogP contribution is -2.31. The van der Waals surface area contributed by atoms with E-state index in [0.29, 0.717) is 17.0 Å². The molecule has 1 saturated heterocycles. The number of hydrogen-bond acceptors (Lipinski definition) is 3. The Labute approximate surface area is 157 Å². The number of ether oxygens (including phenoxy) is 1. The van der Waals surface area contributed by atoms with Crippen molar-refractivity contribution in [3.05, 3.63) is 63.9 Å². The molecular formula is C21H20ClFO3. The fraction of sp³-hybridized carbons (Fsp3) is 0.286. The maximum atomic E-state index is 13.6. The van der Waals surface area contributed by atoms with Crippen molar-refractivity contribution in [2.75, 3.05) is 0 Å². The molecule has 0 radical (unpaired) electrons. The summed E-state index contributed by atoms with van der Waals surface area (Å²) in [6, 6.07) is 8.62. The summed E-state index contributed by atoms with van der Waals surface area (Å²) in [4.78, 5) is 11.5. The van der Waals surface area contributed by atoms with Gasteiger partial charge in [-0.15, -0.1) is 0 Å². The number of hydrogen-bond donors (Lipinski definition) is 1. The third-order valence-corrected chi connectivity index (χ3v) is 4.71. The van der Waals surface area contributed by atoms with Gasteiger partial charge in [-0.25, -0.2) is 4.39 Å². The highest BCUT2D eigenvalue weighted by atomic mass is 35.5. The fourth-order valence-corrected chi connectivity index (χ4v) is 3.43. The Bertz CT molecular complexity index is 876. The van der Waals surface area contributed by atoms with Crippen LogP contribution in [0.5, 0.6) is 0 Å². The Morgan fingerprint density at radius 3 is 2.69 bits per heavy atom. The molecule has 3 nitrogen and oxygen atoms in total. The van der Waals surface area contributed by atoms with Crippen LogP contribution in [0.1, 0.15) is 29.5 Å². The molecule has 1 heterocycles. The van der Waals surface area contributed by atoms with Crippen molar-refractivity contribution < 1.29 is 19.0 Å². The van der Waals surface area contributed by atoms with Crippen LogP contribution in [0, 0.1) is 19.7 Å². The number of cyclic esters (lactones) is 1. The molecule has 26 heavy (non-hydrogen) atoms. The van der Waals surface area contributed by atoms with E-state index >= 15 is 0 Å². The summed E-state index contributed by atoms with van der Waals surface area (Å²) in [6.07, 6.45) is 2.90. The number of halogens is 2. The van der Waals surface area contributed by atoms with Gasteiger partial charge in [0.25, 0.3) is 0 Å². The predicted octanol–water partition coefficient (Wildman–Crippen LogP) is 4.84. The van der Waals surface area contributed by atoms with Crippen molar-refractivity contribution in [1.82, 2.24) is 0 Å². The van der Waals surface area contributed by atoms with Crippen LogP contribution in [0.2, 0.25) is 5.02 Å². The molecular weight excluding hydrogens is 355 g/mol. The number of rotatable bonds is 3. The van der Waals surface area contributed by atoms with E-state index in [-0.39, 0.29) is 12.2 Å². The maximum Gasteiger partial charge on any atom is 0.309 e. The second kappa shape index (κ2) is 7.60. The highest BCUT2D eigenvalue weighted by Crippen LogP contribution is 2.32. The third-order valence-electron chi connectivity index (χ3n) is 4.49. The van der Waals surface area contributed by atoms with Gasteiger partial charge in [-0.05, 0) is 72.0 Å². The van der Waals surface area contributed by atoms with Crippen molar-refractivity contribution in [2.24, 2.45) is 0 Å². The first kappa shape index (κ1) is 18.6. The SMILES string of the molecule is Cc1cc(-c2cc(Cl)cc(C)c2/C=C/[C@@H]2C[C@@H](O)CC(=O)O2)ccc1F. The van der Waals surface area contributed by atoms with Gasteiger partial charge in [-0.2, -0.15) is 0 Å². The monoisotopic (exact) mass is 374 g/mol. The first-order valence-electron chi connectivity index (χ1n) is 8.46. The summed E-state index contributed by atoms with van der Waals surface area (Å²) in [5.41, 5.74) is 4.15. The van der Waals surface area contributed by atoms with Gasteiger partial charge < -0.3 is 9.84 Å². The Hall–Kier alpha value is -2.17. The van der Waals surface area contributed by atoms with E-state index in [0.717, 1.165) is 22.3 Å². The summed E-state index contributed by atoms with van der Waals surface area (Å²) in [6.45, 7) is 3.65. The van der Waals surface area contributed by atoms with Gasteiger partial charge in [-0.1, -0.05) is 23.7 Å². The average molecular weight is 375 g/mol. The van der Waals surface area contributed by atoms with Crippen molar-refractivity contribution >= 4 is 23.6 Å². The molecule has 2 aromatic rings. The van der Waals surface area contributed by atoms with E-state index in [1.54, 1.807) is 25.1 Å². The molecule has 0 amide bonds. The summed E-state index contributed by atoms with van der Waals surface area (Å²) < 4.78 is 18.9. The van der Waals surface area contributed by atoms with Crippen LogP contribution in [0.15, 0.2) is 36.4 Å². The molecule has 0 bridgehead atoms. The van der Waals surface area contributed by atoms with Crippen LogP contribution in [-0.2, 0) is 9.53 Å². The fourth-order valence-electron chi connectivity index (χ4n) is 3.16. The van der Waals surface area contributed by atoms with Crippen LogP contribution >= 0.6 is 11.6 Å². The Balaban J connectivity index is 1.99. The molecule has 1 aliphatic rings. The van der Waals surface area contributed by atoms with Gasteiger partial charge in [-0.3, -0.25) is 4.79 Å². The topological polar surface area (TPSA) is 46.5 Å². The second-order valence-electron chi connectivity index (χ2n) is 6.63. The summed E-state index contributed by atoms with van der Waals surface area (Å²) in [5, 5.41) is 10.3. The van der Waals surface area contributed by atoms with E-state index in [1.807, 2.05) is 25.1 Å². The van der Waals surface area contributed by atoms with E-state index < -0.39 is 18.2 Å². The van der Waals surface area contributed by atoms with Crippen molar-refractivity contribution in [3.8, 4) is 11.1 Å². The van der Waals surface area contributed by atoms with Crippen LogP contribution in [0.4, 0.5) is 4.39 Å². The minimum absolute atomic E-state index is 0.0322. The number of carbonyl (C=O) groups excluding carboxylic acids is 1. The minimum atomic E-state index is -0.684. The molecule has 1 fully saturated rings. The predicted molar refractivity (Wildman–Crippen MR) is 100 cm³/mol. The highest BCUT2D eigenvalue weighted by molar-refractivity contribution is 6.31. The lowest BCUT2D eigenvalue weighted by atomic mass is 9.94. The van der Waals surface area contributed by atoms with E-state index in [9.17, 15) is 14.3 Å². The summed E-state index contributed by atoms with van der Waals surface area (Å²) in [7, 11) is 0. The van der Waals surface area contributed by atoms with Gasteiger partial charge in [0.15, 0.2) is 0 Å². The van der Waals surface area contributed by atoms with Crippen LogP contribution in [0.25, 0.3) is 17.2 Å². The Kier molecular flexibility index (Phi) is 5.44. The third kappa shape index (κ3) is 4.14. The zero-order chi connectivity index (χ0) is 18.8. The molecule has 3 rings (SSSR count). The number of esters is 1. The number of aliphatic hydroxyl groups excluding tert-OH is 1. The molecule has 0 aliphatic carbocycles. The first-order chi connectivity index (χ1) is 12.3. The molecule has 5 heteroatoms. The molecule has 2 atom stereocenters. The van der Waals surface area contributed by atoms with Crippen molar-refractivity contribution in [3.63, 3.8) is 0 Å². The van der Waals surface area contributed by atoms with Crippen LogP contribution in [0.3, 0.4) is 0 Å². The quantitative estimate of drug-likeness (QED) is 0.782. The van der Waals surface area contributed by atoms with Crippen LogP contribution < -0.4 is 0 Å². The van der Waals surface area contributed by atoms with Gasteiger partial charge >= 0.3 is 5.97 Å². The first-order valence-corrected chi connectivity index (χ1v) is 8.83. The standard InChI is InChI=1S/C21H20ClFO3/c1-12-8-15(22)9-19(14-3-6-20(23)13(2)7-14)18(12)5-4-17-10-16(24)11-21(25)26-17/h3-9,16-17,24H,10-11H2,1-2H3/b5-4+/t16-,17-/m1/s1. The molecule has 136 valence electrons. The zero-order valence-corrected chi connectivity index (χ0v) is 15.4. The largest absolute Gasteiger partial charge is 0.458 e. The van der Waals surface area contributed by atoms with Gasteiger partial charge in [0.2, 0.25) is 0 Å². The number of benzene rings is 2. The lowest BCUT2D eigenvalue weighted by Gasteiger charge is -2.23. The molecule has 1 N–H and O–H groups in total. The van der Waals surface area contributed by atoms with Gasteiger partial charge in [0.1, 0.15) is 11.9 Å². The maximum absolute atomic E-state index is 13.6. The summed E-state index contributed by atoms with van der Waals surface area (Å²) in [5.74, 6) is -0.659. The minimum Gasteiger partial charge on any atom is -0.458 e. The van der Waals surface area contributed by atoms with Gasteiger partial charge in [0.05, 0.1) is 12.5 Å². The average Bonchev–Trinajstić information content (AvgIpc) is 2.55. The molecule has 0 spiro atoms. The highest BCUT2D eigenvalue weighted by Gasteiger charge is 2.25. The zero-order valence-electron chi connectivity index (χ0n) is 14.6. The van der Waals surface area contributed by atoms with E-state index in [2.05, 4.69) is 0 Å². The molecule has 0 unspecified atom stereocenters. The number of carbonyl (C=O) groups is 1. The lowest BCUT2D eigenvalue weighted by molar-refractivity contribution is -0.156. The smallest absolute Gasteiger partial charge is 0.309 e. The normalized spacial score (nSPS) is 20.4. The Morgan fingerprint density at radius 2 is 2.00 bits per heavy atom. The van der Waals surface area contributed by atoms with Crippen molar-refractivity contribution in [1.29, 1.82) is 0 Å². The molecule has 0 aromatic heterocycles. The number of aliphatic hydroxyl groups is 1. The summed E-state index contributed by atoms with van der Waals surface area (Å²) >= 11 is 6.23. The van der Waals surface area contributed by atoms with E-state index in [4.69, 9.17) is 16.3 Å². The Morgan fingerprint density at radius 1 is 1.23 bits per heavy atom. The molecule has 1 aliphatic heterocycles. The van der Waals surface area contributed by atoms with E-state index in [1.165, 1.54) is 6.07 Å². The van der Waals surface area contributed by atoms with Crippen LogP contribution in [-0.4, -0.2) is 23.3 Å².